The number of carbonyl (C=O) groups excluding carboxylic acids is 3. The molecule has 0 aromatic rings. The van der Waals surface area contributed by atoms with E-state index in [4.69, 9.17) is 14.2 Å². The molecule has 0 N–H and O–H groups in total. The largest absolute Gasteiger partial charge is 0.462 e. The number of carbonyl (C=O) groups is 3. The first-order chi connectivity index (χ1) is 41.0. The summed E-state index contributed by atoms with van der Waals surface area (Å²) in [5.74, 6) is -0.829. The van der Waals surface area contributed by atoms with Crippen molar-refractivity contribution in [2.45, 2.75) is 412 Å². The summed E-state index contributed by atoms with van der Waals surface area (Å²) < 4.78 is 17.0. The first-order valence-corrected chi connectivity index (χ1v) is 37.1. The molecule has 6 heteroatoms. The highest BCUT2D eigenvalue weighted by molar-refractivity contribution is 5.71. The molecule has 0 rings (SSSR count). The molecule has 1 atom stereocenters. The Kier molecular flexibility index (Phi) is 69.6. The lowest BCUT2D eigenvalue weighted by atomic mass is 10.0. The third kappa shape index (κ3) is 70.0. The number of rotatable bonds is 69. The van der Waals surface area contributed by atoms with Crippen molar-refractivity contribution in [3.8, 4) is 0 Å². The summed E-state index contributed by atoms with van der Waals surface area (Å²) in [5.41, 5.74) is 0. The van der Waals surface area contributed by atoms with Crippen molar-refractivity contribution in [3.05, 3.63) is 48.6 Å². The fourth-order valence-electron chi connectivity index (χ4n) is 11.3. The standard InChI is InChI=1S/C77H142O6/c1-4-7-10-13-16-19-22-25-28-31-33-34-35-36-37-38-39-40-41-42-43-44-45-47-49-52-55-58-61-64-67-70-76(79)82-73-74(72-81-75(78)69-66-63-60-57-54-51-48-30-27-24-21-18-15-12-9-6-3)83-77(80)71-68-65-62-59-56-53-50-46-32-29-26-23-20-17-14-11-8-5-2/h7,10,16,19,25,28,33-34,74H,4-6,8-9,11-15,17-18,20-24,26-27,29-32,35-73H2,1-3H3/b10-7-,19-16-,28-25-,34-33-. The molecule has 83 heavy (non-hydrogen) atoms. The van der Waals surface area contributed by atoms with Gasteiger partial charge in [0, 0.05) is 19.3 Å². The molecule has 0 saturated carbocycles. The Morgan fingerprint density at radius 2 is 0.470 bits per heavy atom. The summed E-state index contributed by atoms with van der Waals surface area (Å²) >= 11 is 0. The van der Waals surface area contributed by atoms with Crippen LogP contribution in [0.3, 0.4) is 0 Å². The fraction of sp³-hybridized carbons (Fsp3) is 0.857. The van der Waals surface area contributed by atoms with Crippen molar-refractivity contribution in [2.24, 2.45) is 0 Å². The Balaban J connectivity index is 4.19. The maximum absolute atomic E-state index is 13.0. The molecule has 0 saturated heterocycles. The second kappa shape index (κ2) is 71.8. The topological polar surface area (TPSA) is 78.9 Å². The van der Waals surface area contributed by atoms with E-state index in [0.29, 0.717) is 19.3 Å². The van der Waals surface area contributed by atoms with Gasteiger partial charge in [0.25, 0.3) is 0 Å². The zero-order valence-electron chi connectivity index (χ0n) is 56.0. The van der Waals surface area contributed by atoms with Gasteiger partial charge in [0.05, 0.1) is 0 Å². The summed E-state index contributed by atoms with van der Waals surface area (Å²) in [7, 11) is 0. The van der Waals surface area contributed by atoms with Crippen molar-refractivity contribution < 1.29 is 28.6 Å². The molecular formula is C77H142O6. The van der Waals surface area contributed by atoms with Crippen LogP contribution in [0.5, 0.6) is 0 Å². The van der Waals surface area contributed by atoms with E-state index >= 15 is 0 Å². The van der Waals surface area contributed by atoms with Gasteiger partial charge in [-0.15, -0.1) is 0 Å². The van der Waals surface area contributed by atoms with Gasteiger partial charge in [-0.3, -0.25) is 14.4 Å². The molecule has 0 aliphatic heterocycles. The number of allylic oxidation sites excluding steroid dienone is 8. The van der Waals surface area contributed by atoms with Gasteiger partial charge >= 0.3 is 17.9 Å². The van der Waals surface area contributed by atoms with Crippen molar-refractivity contribution in [1.82, 2.24) is 0 Å². The van der Waals surface area contributed by atoms with Crippen molar-refractivity contribution in [3.63, 3.8) is 0 Å². The Bertz CT molecular complexity index is 1430. The SMILES string of the molecule is CC/C=C\C/C=C\C/C=C\C/C=C\CCCCCCCCCCCCCCCCCCCCC(=O)OCC(COC(=O)CCCCCCCCCCCCCCCCCC)OC(=O)CCCCCCCCCCCCCCCCCCCC. The van der Waals surface area contributed by atoms with Crippen LogP contribution < -0.4 is 0 Å². The normalized spacial score (nSPS) is 12.3. The fourth-order valence-corrected chi connectivity index (χ4v) is 11.3. The second-order valence-corrected chi connectivity index (χ2v) is 25.2. The molecule has 486 valence electrons. The van der Waals surface area contributed by atoms with E-state index in [2.05, 4.69) is 69.4 Å². The molecule has 0 radical (unpaired) electrons. The van der Waals surface area contributed by atoms with Gasteiger partial charge in [0.1, 0.15) is 13.2 Å². The average Bonchev–Trinajstić information content (AvgIpc) is 3.49. The summed E-state index contributed by atoms with van der Waals surface area (Å²) in [6, 6.07) is 0. The van der Waals surface area contributed by atoms with Crippen molar-refractivity contribution in [2.75, 3.05) is 13.2 Å². The van der Waals surface area contributed by atoms with Crippen LogP contribution in [0, 0.1) is 0 Å². The minimum atomic E-state index is -0.768. The Morgan fingerprint density at radius 1 is 0.253 bits per heavy atom. The quantitative estimate of drug-likeness (QED) is 0.0261. The maximum atomic E-state index is 13.0. The van der Waals surface area contributed by atoms with Crippen LogP contribution in [0.1, 0.15) is 406 Å². The molecule has 0 aliphatic rings. The van der Waals surface area contributed by atoms with Gasteiger partial charge in [0.15, 0.2) is 6.10 Å². The lowest BCUT2D eigenvalue weighted by molar-refractivity contribution is -0.167. The molecule has 0 aromatic carbocycles. The van der Waals surface area contributed by atoms with E-state index in [0.717, 1.165) is 83.5 Å². The van der Waals surface area contributed by atoms with Gasteiger partial charge in [-0.2, -0.15) is 0 Å². The predicted octanol–water partition coefficient (Wildman–Crippen LogP) is 25.7. The first kappa shape index (κ1) is 80.4. The Hall–Kier alpha value is -2.63. The minimum Gasteiger partial charge on any atom is -0.462 e. The highest BCUT2D eigenvalue weighted by Gasteiger charge is 2.20. The number of esters is 3. The summed E-state index contributed by atoms with van der Waals surface area (Å²) in [4.78, 5) is 38.5. The summed E-state index contributed by atoms with van der Waals surface area (Å²) in [6.07, 6.45) is 91.5. The van der Waals surface area contributed by atoms with E-state index in [1.165, 1.54) is 283 Å². The van der Waals surface area contributed by atoms with E-state index in [-0.39, 0.29) is 31.1 Å². The molecule has 0 heterocycles. The van der Waals surface area contributed by atoms with Crippen LogP contribution in [0.2, 0.25) is 0 Å². The maximum Gasteiger partial charge on any atom is 0.306 e. The third-order valence-electron chi connectivity index (χ3n) is 16.8. The lowest BCUT2D eigenvalue weighted by Crippen LogP contribution is -2.30. The van der Waals surface area contributed by atoms with Crippen LogP contribution in [0.15, 0.2) is 48.6 Å². The van der Waals surface area contributed by atoms with E-state index in [1.807, 2.05) is 0 Å². The molecule has 0 aliphatic carbocycles. The Morgan fingerprint density at radius 3 is 0.735 bits per heavy atom. The summed E-state index contributed by atoms with van der Waals surface area (Å²) in [6.45, 7) is 6.62. The number of hydrogen-bond donors (Lipinski definition) is 0. The second-order valence-electron chi connectivity index (χ2n) is 25.2. The van der Waals surface area contributed by atoms with Crippen LogP contribution in [0.4, 0.5) is 0 Å². The van der Waals surface area contributed by atoms with Crippen molar-refractivity contribution in [1.29, 1.82) is 0 Å². The minimum absolute atomic E-state index is 0.0644. The monoisotopic (exact) mass is 1160 g/mol. The average molecular weight is 1160 g/mol. The zero-order valence-corrected chi connectivity index (χ0v) is 56.0. The number of hydrogen-bond acceptors (Lipinski definition) is 6. The van der Waals surface area contributed by atoms with Gasteiger partial charge < -0.3 is 14.2 Å². The van der Waals surface area contributed by atoms with E-state index in [9.17, 15) is 14.4 Å². The molecule has 1 unspecified atom stereocenters. The molecule has 0 spiro atoms. The highest BCUT2D eigenvalue weighted by Crippen LogP contribution is 2.19. The lowest BCUT2D eigenvalue weighted by Gasteiger charge is -2.18. The van der Waals surface area contributed by atoms with Gasteiger partial charge in [-0.25, -0.2) is 0 Å². The van der Waals surface area contributed by atoms with Crippen LogP contribution in [0.25, 0.3) is 0 Å². The first-order valence-electron chi connectivity index (χ1n) is 37.1. The van der Waals surface area contributed by atoms with Gasteiger partial charge in [-0.1, -0.05) is 378 Å². The van der Waals surface area contributed by atoms with Gasteiger partial charge in [0.2, 0.25) is 0 Å². The van der Waals surface area contributed by atoms with E-state index in [1.54, 1.807) is 0 Å². The molecule has 0 bridgehead atoms. The molecule has 0 fully saturated rings. The predicted molar refractivity (Wildman–Crippen MR) is 362 cm³/mol. The summed E-state index contributed by atoms with van der Waals surface area (Å²) in [5, 5.41) is 0. The van der Waals surface area contributed by atoms with Crippen molar-refractivity contribution >= 4 is 17.9 Å². The third-order valence-corrected chi connectivity index (χ3v) is 16.8. The smallest absolute Gasteiger partial charge is 0.306 e. The van der Waals surface area contributed by atoms with E-state index < -0.39 is 6.10 Å². The molecule has 6 nitrogen and oxygen atoms in total. The van der Waals surface area contributed by atoms with Crippen LogP contribution in [-0.4, -0.2) is 37.2 Å². The molecule has 0 amide bonds. The van der Waals surface area contributed by atoms with Crippen LogP contribution in [-0.2, 0) is 28.6 Å². The zero-order chi connectivity index (χ0) is 59.9. The highest BCUT2D eigenvalue weighted by atomic mass is 16.6. The number of ether oxygens (including phenoxy) is 3. The molecular weight excluding hydrogens is 1020 g/mol. The Labute approximate surface area is 518 Å². The number of unbranched alkanes of at least 4 members (excludes halogenated alkanes) is 50. The van der Waals surface area contributed by atoms with Crippen LogP contribution >= 0.6 is 0 Å². The van der Waals surface area contributed by atoms with Gasteiger partial charge in [-0.05, 0) is 57.8 Å². The molecule has 0 aromatic heterocycles.